The SMILES string of the molecule is CCCC[C@H](C(N)=O)[C@@H](CC1CC1)C(=O)C(C)(C)C. The predicted molar refractivity (Wildman–Crippen MR) is 77.5 cm³/mol. The summed E-state index contributed by atoms with van der Waals surface area (Å²) in [7, 11) is 0. The molecule has 3 heteroatoms. The Balaban J connectivity index is 2.84. The summed E-state index contributed by atoms with van der Waals surface area (Å²) in [6.45, 7) is 7.91. The van der Waals surface area contributed by atoms with Gasteiger partial charge in [-0.15, -0.1) is 0 Å². The first-order chi connectivity index (χ1) is 8.77. The lowest BCUT2D eigenvalue weighted by Crippen LogP contribution is -2.39. The van der Waals surface area contributed by atoms with Crippen molar-refractivity contribution in [3.05, 3.63) is 0 Å². The first kappa shape index (κ1) is 16.2. The van der Waals surface area contributed by atoms with Gasteiger partial charge >= 0.3 is 0 Å². The minimum absolute atomic E-state index is 0.170. The highest BCUT2D eigenvalue weighted by atomic mass is 16.1. The number of ketones is 1. The molecule has 0 saturated heterocycles. The van der Waals surface area contributed by atoms with Gasteiger partial charge in [0.15, 0.2) is 0 Å². The van der Waals surface area contributed by atoms with E-state index in [2.05, 4.69) is 6.92 Å². The summed E-state index contributed by atoms with van der Waals surface area (Å²) in [5.74, 6) is 0.111. The van der Waals surface area contributed by atoms with Gasteiger partial charge in [-0.25, -0.2) is 0 Å². The topological polar surface area (TPSA) is 60.2 Å². The number of hydrogen-bond acceptors (Lipinski definition) is 2. The lowest BCUT2D eigenvalue weighted by atomic mass is 9.73. The summed E-state index contributed by atoms with van der Waals surface area (Å²) >= 11 is 0. The van der Waals surface area contributed by atoms with Crippen LogP contribution in [0, 0.1) is 23.2 Å². The Morgan fingerprint density at radius 3 is 2.16 bits per heavy atom. The van der Waals surface area contributed by atoms with E-state index >= 15 is 0 Å². The molecule has 0 bridgehead atoms. The molecule has 110 valence electrons. The van der Waals surface area contributed by atoms with Crippen molar-refractivity contribution in [3.8, 4) is 0 Å². The third kappa shape index (κ3) is 4.96. The van der Waals surface area contributed by atoms with Gasteiger partial charge < -0.3 is 5.73 Å². The number of carbonyl (C=O) groups is 2. The van der Waals surface area contributed by atoms with Crippen LogP contribution in [0.4, 0.5) is 0 Å². The zero-order chi connectivity index (χ0) is 14.6. The molecular weight excluding hydrogens is 238 g/mol. The molecule has 1 fully saturated rings. The maximum absolute atomic E-state index is 12.6. The minimum Gasteiger partial charge on any atom is -0.369 e. The van der Waals surface area contributed by atoms with Crippen LogP contribution in [0.3, 0.4) is 0 Å². The highest BCUT2D eigenvalue weighted by Gasteiger charge is 2.40. The molecule has 0 heterocycles. The molecular formula is C16H29NO2. The lowest BCUT2D eigenvalue weighted by Gasteiger charge is -2.29. The van der Waals surface area contributed by atoms with Gasteiger partial charge in [0, 0.05) is 17.3 Å². The lowest BCUT2D eigenvalue weighted by molar-refractivity contribution is -0.137. The van der Waals surface area contributed by atoms with Crippen LogP contribution in [-0.2, 0) is 9.59 Å². The maximum atomic E-state index is 12.6. The van der Waals surface area contributed by atoms with Crippen LogP contribution in [0.5, 0.6) is 0 Å². The molecule has 0 unspecified atom stereocenters. The van der Waals surface area contributed by atoms with Crippen molar-refractivity contribution in [1.82, 2.24) is 0 Å². The number of carbonyl (C=O) groups excluding carboxylic acids is 2. The zero-order valence-electron chi connectivity index (χ0n) is 12.9. The van der Waals surface area contributed by atoms with Crippen molar-refractivity contribution < 1.29 is 9.59 Å². The summed E-state index contributed by atoms with van der Waals surface area (Å²) < 4.78 is 0. The molecule has 19 heavy (non-hydrogen) atoms. The smallest absolute Gasteiger partial charge is 0.221 e. The molecule has 1 rings (SSSR count). The van der Waals surface area contributed by atoms with E-state index < -0.39 is 0 Å². The Labute approximate surface area is 117 Å². The molecule has 0 aromatic heterocycles. The average Bonchev–Trinajstić information content (AvgIpc) is 3.09. The molecule has 2 atom stereocenters. The van der Waals surface area contributed by atoms with E-state index in [4.69, 9.17) is 5.73 Å². The van der Waals surface area contributed by atoms with Gasteiger partial charge in [-0.1, -0.05) is 53.4 Å². The number of unbranched alkanes of at least 4 members (excludes halogenated alkanes) is 1. The second-order valence-corrected chi connectivity index (χ2v) is 7.05. The summed E-state index contributed by atoms with van der Waals surface area (Å²) in [4.78, 5) is 24.4. The number of amides is 1. The van der Waals surface area contributed by atoms with Gasteiger partial charge in [0.2, 0.25) is 5.91 Å². The molecule has 3 nitrogen and oxygen atoms in total. The van der Waals surface area contributed by atoms with Crippen LogP contribution < -0.4 is 5.73 Å². The minimum atomic E-state index is -0.389. The largest absolute Gasteiger partial charge is 0.369 e. The molecule has 0 radical (unpaired) electrons. The molecule has 1 aliphatic rings. The number of primary amides is 1. The van der Waals surface area contributed by atoms with Crippen LogP contribution >= 0.6 is 0 Å². The molecule has 1 amide bonds. The monoisotopic (exact) mass is 267 g/mol. The van der Waals surface area contributed by atoms with Crippen LogP contribution in [0.15, 0.2) is 0 Å². The summed E-state index contributed by atoms with van der Waals surface area (Å²) in [5.41, 5.74) is 5.18. The zero-order valence-corrected chi connectivity index (χ0v) is 12.9. The Hall–Kier alpha value is -0.860. The van der Waals surface area contributed by atoms with E-state index in [1.165, 1.54) is 12.8 Å². The Bertz CT molecular complexity index is 326. The van der Waals surface area contributed by atoms with Gasteiger partial charge in [-0.3, -0.25) is 9.59 Å². The fraction of sp³-hybridized carbons (Fsp3) is 0.875. The molecule has 1 aliphatic carbocycles. The van der Waals surface area contributed by atoms with Gasteiger partial charge in [-0.2, -0.15) is 0 Å². The molecule has 0 aliphatic heterocycles. The number of Topliss-reactive ketones (excluding diaryl/α,β-unsaturated/α-hetero) is 1. The van der Waals surface area contributed by atoms with Crippen molar-refractivity contribution in [2.45, 2.75) is 66.2 Å². The third-order valence-corrected chi connectivity index (χ3v) is 4.08. The quantitative estimate of drug-likeness (QED) is 0.733. The third-order valence-electron chi connectivity index (χ3n) is 4.08. The normalized spacial score (nSPS) is 18.9. The van der Waals surface area contributed by atoms with E-state index in [0.717, 1.165) is 25.7 Å². The number of nitrogens with two attached hydrogens (primary N) is 1. The second kappa shape index (κ2) is 6.53. The Kier molecular flexibility index (Phi) is 5.57. The molecule has 0 aromatic rings. The van der Waals surface area contributed by atoms with E-state index in [1.54, 1.807) is 0 Å². The van der Waals surface area contributed by atoms with E-state index in [1.807, 2.05) is 20.8 Å². The van der Waals surface area contributed by atoms with Crippen LogP contribution in [0.2, 0.25) is 0 Å². The average molecular weight is 267 g/mol. The fourth-order valence-corrected chi connectivity index (χ4v) is 2.69. The van der Waals surface area contributed by atoms with Crippen molar-refractivity contribution in [2.24, 2.45) is 28.9 Å². The van der Waals surface area contributed by atoms with Crippen LogP contribution in [0.25, 0.3) is 0 Å². The predicted octanol–water partition coefficient (Wildman–Crippen LogP) is 3.31. The summed E-state index contributed by atoms with van der Waals surface area (Å²) in [5, 5.41) is 0. The Morgan fingerprint density at radius 1 is 1.21 bits per heavy atom. The number of hydrogen-bond donors (Lipinski definition) is 1. The van der Waals surface area contributed by atoms with Gasteiger partial charge in [0.05, 0.1) is 0 Å². The summed E-state index contributed by atoms with van der Waals surface area (Å²) in [6.07, 6.45) is 6.01. The highest BCUT2D eigenvalue weighted by molar-refractivity contribution is 5.91. The molecule has 0 spiro atoms. The van der Waals surface area contributed by atoms with Crippen molar-refractivity contribution in [1.29, 1.82) is 0 Å². The molecule has 1 saturated carbocycles. The Morgan fingerprint density at radius 2 is 1.79 bits per heavy atom. The fourth-order valence-electron chi connectivity index (χ4n) is 2.69. The van der Waals surface area contributed by atoms with E-state index in [-0.39, 0.29) is 28.9 Å². The number of rotatable bonds is 8. The maximum Gasteiger partial charge on any atom is 0.221 e. The van der Waals surface area contributed by atoms with E-state index in [0.29, 0.717) is 5.92 Å². The first-order valence-electron chi connectivity index (χ1n) is 7.61. The molecule has 0 aromatic carbocycles. The highest BCUT2D eigenvalue weighted by Crippen LogP contribution is 2.41. The van der Waals surface area contributed by atoms with Crippen LogP contribution in [0.1, 0.15) is 66.2 Å². The molecule has 2 N–H and O–H groups in total. The van der Waals surface area contributed by atoms with Gasteiger partial charge in [0.25, 0.3) is 0 Å². The van der Waals surface area contributed by atoms with Crippen molar-refractivity contribution in [2.75, 3.05) is 0 Å². The van der Waals surface area contributed by atoms with Crippen molar-refractivity contribution in [3.63, 3.8) is 0 Å². The standard InChI is InChI=1S/C16H29NO2/c1-5-6-7-12(15(17)19)13(10-11-8-9-11)14(18)16(2,3)4/h11-13H,5-10H2,1-4H3,(H2,17,19)/t12-,13+/m0/s1. The second-order valence-electron chi connectivity index (χ2n) is 7.05. The van der Waals surface area contributed by atoms with E-state index in [9.17, 15) is 9.59 Å². The first-order valence-corrected chi connectivity index (χ1v) is 7.61. The van der Waals surface area contributed by atoms with Crippen molar-refractivity contribution >= 4 is 11.7 Å². The summed E-state index contributed by atoms with van der Waals surface area (Å²) in [6, 6.07) is 0. The van der Waals surface area contributed by atoms with Gasteiger partial charge in [-0.05, 0) is 18.8 Å². The van der Waals surface area contributed by atoms with Crippen LogP contribution in [-0.4, -0.2) is 11.7 Å². The van der Waals surface area contributed by atoms with Gasteiger partial charge in [0.1, 0.15) is 5.78 Å².